The van der Waals surface area contributed by atoms with Crippen LogP contribution in [-0.2, 0) is 6.42 Å². The summed E-state index contributed by atoms with van der Waals surface area (Å²) in [6.07, 6.45) is 2.67. The minimum atomic E-state index is 0.763. The molecule has 0 spiro atoms. The van der Waals surface area contributed by atoms with Gasteiger partial charge >= 0.3 is 0 Å². The molecule has 0 radical (unpaired) electrons. The molecule has 2 aromatic rings. The third-order valence-corrected chi connectivity index (χ3v) is 2.43. The predicted molar refractivity (Wildman–Crippen MR) is 62.4 cm³/mol. The zero-order chi connectivity index (χ0) is 10.7. The molecule has 0 atom stereocenters. The topological polar surface area (TPSA) is 40.7 Å². The number of aromatic amines is 1. The maximum atomic E-state index is 5.81. The molecular formula is C11H12ClN3. The lowest BCUT2D eigenvalue weighted by Crippen LogP contribution is -1.91. The molecule has 0 aliphatic heterocycles. The second-order valence-corrected chi connectivity index (χ2v) is 3.75. The molecule has 0 fully saturated rings. The molecule has 78 valence electrons. The number of nitrogens with zero attached hydrogens (tertiary/aromatic N) is 1. The van der Waals surface area contributed by atoms with Crippen molar-refractivity contribution >= 4 is 17.5 Å². The van der Waals surface area contributed by atoms with Gasteiger partial charge in [-0.05, 0) is 17.7 Å². The van der Waals surface area contributed by atoms with Crippen molar-refractivity contribution in [1.29, 1.82) is 0 Å². The Morgan fingerprint density at radius 2 is 2.07 bits per heavy atom. The molecule has 2 N–H and O–H groups in total. The summed E-state index contributed by atoms with van der Waals surface area (Å²) < 4.78 is 0. The molecule has 15 heavy (non-hydrogen) atoms. The Morgan fingerprint density at radius 3 is 2.67 bits per heavy atom. The van der Waals surface area contributed by atoms with Crippen LogP contribution in [0.2, 0.25) is 5.02 Å². The van der Waals surface area contributed by atoms with E-state index >= 15 is 0 Å². The molecule has 0 bridgehead atoms. The van der Waals surface area contributed by atoms with Gasteiger partial charge in [0.15, 0.2) is 5.95 Å². The van der Waals surface area contributed by atoms with Crippen LogP contribution in [0.15, 0.2) is 30.5 Å². The van der Waals surface area contributed by atoms with Crippen molar-refractivity contribution in [3.63, 3.8) is 0 Å². The van der Waals surface area contributed by atoms with Crippen molar-refractivity contribution in [1.82, 2.24) is 9.97 Å². The minimum absolute atomic E-state index is 0.763. The molecule has 0 aliphatic rings. The summed E-state index contributed by atoms with van der Waals surface area (Å²) in [5.74, 6) is 0.791. The van der Waals surface area contributed by atoms with Crippen molar-refractivity contribution in [3.05, 3.63) is 46.7 Å². The van der Waals surface area contributed by atoms with E-state index < -0.39 is 0 Å². The van der Waals surface area contributed by atoms with Gasteiger partial charge in [0.2, 0.25) is 0 Å². The second-order valence-electron chi connectivity index (χ2n) is 3.31. The highest BCUT2D eigenvalue weighted by molar-refractivity contribution is 6.30. The van der Waals surface area contributed by atoms with Gasteiger partial charge in [-0.1, -0.05) is 23.7 Å². The molecular weight excluding hydrogens is 210 g/mol. The quantitative estimate of drug-likeness (QED) is 0.837. The third-order valence-electron chi connectivity index (χ3n) is 2.17. The van der Waals surface area contributed by atoms with Crippen molar-refractivity contribution in [2.45, 2.75) is 6.42 Å². The van der Waals surface area contributed by atoms with E-state index in [1.165, 1.54) is 5.56 Å². The lowest BCUT2D eigenvalue weighted by molar-refractivity contribution is 1.11. The van der Waals surface area contributed by atoms with Gasteiger partial charge in [-0.25, -0.2) is 4.98 Å². The number of rotatable bonds is 3. The van der Waals surface area contributed by atoms with Crippen LogP contribution in [0.1, 0.15) is 11.3 Å². The fourth-order valence-electron chi connectivity index (χ4n) is 1.40. The minimum Gasteiger partial charge on any atom is -0.359 e. The highest BCUT2D eigenvalue weighted by atomic mass is 35.5. The number of hydrogen-bond donors (Lipinski definition) is 2. The number of halogens is 1. The van der Waals surface area contributed by atoms with Gasteiger partial charge in [0.25, 0.3) is 0 Å². The summed E-state index contributed by atoms with van der Waals surface area (Å²) >= 11 is 5.81. The largest absolute Gasteiger partial charge is 0.359 e. The number of hydrogen-bond acceptors (Lipinski definition) is 2. The highest BCUT2D eigenvalue weighted by Crippen LogP contribution is 2.13. The Labute approximate surface area is 93.5 Å². The first-order valence-electron chi connectivity index (χ1n) is 4.74. The fraction of sp³-hybridized carbons (Fsp3) is 0.182. The molecule has 2 rings (SSSR count). The number of nitrogens with one attached hydrogen (secondary N) is 2. The smallest absolute Gasteiger partial charge is 0.200 e. The molecule has 0 saturated carbocycles. The average Bonchev–Trinajstić information content (AvgIpc) is 2.69. The summed E-state index contributed by atoms with van der Waals surface area (Å²) in [4.78, 5) is 7.33. The predicted octanol–water partition coefficient (Wildman–Crippen LogP) is 2.70. The van der Waals surface area contributed by atoms with Crippen LogP contribution in [-0.4, -0.2) is 17.0 Å². The summed E-state index contributed by atoms with van der Waals surface area (Å²) in [5.41, 5.74) is 2.30. The monoisotopic (exact) mass is 221 g/mol. The van der Waals surface area contributed by atoms with Crippen molar-refractivity contribution in [2.75, 3.05) is 12.4 Å². The molecule has 1 aromatic heterocycles. The van der Waals surface area contributed by atoms with E-state index in [-0.39, 0.29) is 0 Å². The van der Waals surface area contributed by atoms with Crippen LogP contribution in [0.5, 0.6) is 0 Å². The molecule has 0 aliphatic carbocycles. The first-order chi connectivity index (χ1) is 7.28. The summed E-state index contributed by atoms with van der Waals surface area (Å²) in [7, 11) is 1.84. The van der Waals surface area contributed by atoms with Crippen LogP contribution in [0.3, 0.4) is 0 Å². The van der Waals surface area contributed by atoms with Crippen LogP contribution >= 0.6 is 11.6 Å². The maximum absolute atomic E-state index is 5.81. The Kier molecular flexibility index (Phi) is 2.92. The van der Waals surface area contributed by atoms with Gasteiger partial charge in [-0.2, -0.15) is 0 Å². The van der Waals surface area contributed by atoms with Crippen molar-refractivity contribution in [2.24, 2.45) is 0 Å². The number of benzene rings is 1. The molecule has 1 heterocycles. The summed E-state index contributed by atoms with van der Waals surface area (Å²) in [6, 6.07) is 7.82. The van der Waals surface area contributed by atoms with E-state index in [1.54, 1.807) is 0 Å². The summed E-state index contributed by atoms with van der Waals surface area (Å²) in [6.45, 7) is 0. The van der Waals surface area contributed by atoms with Crippen molar-refractivity contribution < 1.29 is 0 Å². The zero-order valence-electron chi connectivity index (χ0n) is 8.42. The Morgan fingerprint density at radius 1 is 1.33 bits per heavy atom. The number of aromatic nitrogens is 2. The Balaban J connectivity index is 2.11. The highest BCUT2D eigenvalue weighted by Gasteiger charge is 2.00. The standard InChI is InChI=1S/C11H12ClN3/c1-13-11-14-7-10(15-11)6-8-2-4-9(12)5-3-8/h2-5,7H,6H2,1H3,(H2,13,14,15). The number of H-pyrrole nitrogens is 1. The lowest BCUT2D eigenvalue weighted by Gasteiger charge is -1.98. The van der Waals surface area contributed by atoms with Gasteiger partial charge in [-0.15, -0.1) is 0 Å². The van der Waals surface area contributed by atoms with Gasteiger partial charge < -0.3 is 10.3 Å². The van der Waals surface area contributed by atoms with E-state index in [9.17, 15) is 0 Å². The molecule has 0 amide bonds. The molecule has 4 heteroatoms. The zero-order valence-corrected chi connectivity index (χ0v) is 9.17. The molecule has 3 nitrogen and oxygen atoms in total. The SMILES string of the molecule is CNc1ncc(Cc2ccc(Cl)cc2)[nH]1. The maximum Gasteiger partial charge on any atom is 0.200 e. The van der Waals surface area contributed by atoms with Crippen LogP contribution in [0.4, 0.5) is 5.95 Å². The van der Waals surface area contributed by atoms with E-state index in [0.717, 1.165) is 23.1 Å². The van der Waals surface area contributed by atoms with Gasteiger partial charge in [0, 0.05) is 24.2 Å². The lowest BCUT2D eigenvalue weighted by atomic mass is 10.1. The van der Waals surface area contributed by atoms with E-state index in [1.807, 2.05) is 37.5 Å². The van der Waals surface area contributed by atoms with Gasteiger partial charge in [-0.3, -0.25) is 0 Å². The summed E-state index contributed by atoms with van der Waals surface area (Å²) in [5, 5.41) is 3.72. The first-order valence-corrected chi connectivity index (χ1v) is 5.12. The normalized spacial score (nSPS) is 10.3. The molecule has 0 unspecified atom stereocenters. The van der Waals surface area contributed by atoms with Crippen molar-refractivity contribution in [3.8, 4) is 0 Å². The number of anilines is 1. The average molecular weight is 222 g/mol. The van der Waals surface area contributed by atoms with Crippen LogP contribution in [0, 0.1) is 0 Å². The second kappa shape index (κ2) is 4.36. The van der Waals surface area contributed by atoms with E-state index in [2.05, 4.69) is 15.3 Å². The van der Waals surface area contributed by atoms with Crippen LogP contribution in [0.25, 0.3) is 0 Å². The third kappa shape index (κ3) is 2.50. The number of imidazole rings is 1. The van der Waals surface area contributed by atoms with Crippen LogP contribution < -0.4 is 5.32 Å². The molecule has 0 saturated heterocycles. The van der Waals surface area contributed by atoms with Gasteiger partial charge in [0.1, 0.15) is 0 Å². The van der Waals surface area contributed by atoms with Gasteiger partial charge in [0.05, 0.1) is 6.20 Å². The fourth-order valence-corrected chi connectivity index (χ4v) is 1.52. The van der Waals surface area contributed by atoms with E-state index in [4.69, 9.17) is 11.6 Å². The Hall–Kier alpha value is -1.48. The van der Waals surface area contributed by atoms with E-state index in [0.29, 0.717) is 0 Å². The molecule has 1 aromatic carbocycles. The first kappa shape index (κ1) is 10.1. The Bertz CT molecular complexity index is 433.